The molecule has 0 bridgehead atoms. The number of hydrogen-bond donors (Lipinski definition) is 2. The van der Waals surface area contributed by atoms with Crippen LogP contribution in [0.1, 0.15) is 30.7 Å². The number of nitrogens with zero attached hydrogens (tertiary/aromatic N) is 1. The normalized spacial score (nSPS) is 25.5. The summed E-state index contributed by atoms with van der Waals surface area (Å²) >= 11 is 6.08. The number of rotatable bonds is 5. The van der Waals surface area contributed by atoms with Crippen molar-refractivity contribution in [2.45, 2.75) is 31.2 Å². The van der Waals surface area contributed by atoms with Crippen molar-refractivity contribution in [1.82, 2.24) is 15.5 Å². The lowest BCUT2D eigenvalue weighted by atomic mass is 9.91. The van der Waals surface area contributed by atoms with E-state index in [1.54, 1.807) is 0 Å². The molecule has 1 amide bonds. The van der Waals surface area contributed by atoms with Gasteiger partial charge in [0.2, 0.25) is 5.91 Å². The zero-order chi connectivity index (χ0) is 15.4. The highest BCUT2D eigenvalue weighted by atomic mass is 35.5. The molecule has 2 atom stereocenters. The van der Waals surface area contributed by atoms with Crippen molar-refractivity contribution in [3.8, 4) is 0 Å². The van der Waals surface area contributed by atoms with Gasteiger partial charge in [0.1, 0.15) is 0 Å². The molecule has 2 saturated heterocycles. The van der Waals surface area contributed by atoms with Crippen LogP contribution in [0.4, 0.5) is 0 Å². The summed E-state index contributed by atoms with van der Waals surface area (Å²) in [6, 6.07) is 7.73. The summed E-state index contributed by atoms with van der Waals surface area (Å²) in [5.41, 5.74) is 1.15. The van der Waals surface area contributed by atoms with E-state index in [-0.39, 0.29) is 17.9 Å². The molecule has 2 aliphatic heterocycles. The molecule has 4 nitrogen and oxygen atoms in total. The second kappa shape index (κ2) is 7.44. The van der Waals surface area contributed by atoms with E-state index < -0.39 is 0 Å². The zero-order valence-corrected chi connectivity index (χ0v) is 13.6. The fourth-order valence-electron chi connectivity index (χ4n) is 3.53. The molecule has 120 valence electrons. The lowest BCUT2D eigenvalue weighted by Gasteiger charge is -2.21. The topological polar surface area (TPSA) is 44.4 Å². The summed E-state index contributed by atoms with van der Waals surface area (Å²) in [5.74, 6) is 0.326. The van der Waals surface area contributed by atoms with Crippen LogP contribution >= 0.6 is 11.6 Å². The first-order valence-corrected chi connectivity index (χ1v) is 8.61. The maximum absolute atomic E-state index is 12.5. The number of benzene rings is 1. The van der Waals surface area contributed by atoms with Crippen molar-refractivity contribution >= 4 is 17.5 Å². The van der Waals surface area contributed by atoms with Gasteiger partial charge in [-0.3, -0.25) is 4.79 Å². The van der Waals surface area contributed by atoms with Crippen molar-refractivity contribution in [3.05, 3.63) is 34.9 Å². The largest absolute Gasteiger partial charge is 0.353 e. The van der Waals surface area contributed by atoms with Crippen LogP contribution in [0.15, 0.2) is 24.3 Å². The fraction of sp³-hybridized carbons (Fsp3) is 0.588. The predicted molar refractivity (Wildman–Crippen MR) is 89.3 cm³/mol. The van der Waals surface area contributed by atoms with Crippen molar-refractivity contribution in [2.24, 2.45) is 0 Å². The van der Waals surface area contributed by atoms with E-state index in [0.717, 1.165) is 36.6 Å². The van der Waals surface area contributed by atoms with Gasteiger partial charge in [-0.2, -0.15) is 0 Å². The van der Waals surface area contributed by atoms with Crippen molar-refractivity contribution < 1.29 is 4.79 Å². The number of likely N-dealkylation sites (tertiary alicyclic amines) is 1. The molecule has 0 aliphatic carbocycles. The van der Waals surface area contributed by atoms with E-state index in [1.807, 2.05) is 18.2 Å². The van der Waals surface area contributed by atoms with E-state index in [9.17, 15) is 4.79 Å². The van der Waals surface area contributed by atoms with Gasteiger partial charge in [-0.05, 0) is 56.6 Å². The molecular formula is C17H24ClN3O. The van der Waals surface area contributed by atoms with Crippen molar-refractivity contribution in [1.29, 1.82) is 0 Å². The van der Waals surface area contributed by atoms with Crippen LogP contribution in [0.3, 0.4) is 0 Å². The summed E-state index contributed by atoms with van der Waals surface area (Å²) in [7, 11) is 0. The minimum Gasteiger partial charge on any atom is -0.353 e. The molecule has 0 saturated carbocycles. The predicted octanol–water partition coefficient (Wildman–Crippen LogP) is 2.00. The summed E-state index contributed by atoms with van der Waals surface area (Å²) in [6.07, 6.45) is 3.55. The quantitative estimate of drug-likeness (QED) is 0.872. The van der Waals surface area contributed by atoms with Crippen molar-refractivity contribution in [3.63, 3.8) is 0 Å². The van der Waals surface area contributed by atoms with Crippen molar-refractivity contribution in [2.75, 3.05) is 32.7 Å². The smallest absolute Gasteiger partial charge is 0.237 e. The van der Waals surface area contributed by atoms with Gasteiger partial charge in [0.05, 0.1) is 6.04 Å². The average molecular weight is 322 g/mol. The van der Waals surface area contributed by atoms with E-state index in [4.69, 9.17) is 11.6 Å². The first kappa shape index (κ1) is 15.8. The number of nitrogens with one attached hydrogen (secondary N) is 2. The Balaban J connectivity index is 1.54. The minimum absolute atomic E-state index is 0.113. The van der Waals surface area contributed by atoms with Crippen LogP contribution < -0.4 is 10.6 Å². The molecule has 0 radical (unpaired) electrons. The van der Waals surface area contributed by atoms with Gasteiger partial charge >= 0.3 is 0 Å². The third-order valence-corrected chi connectivity index (χ3v) is 4.94. The Hall–Kier alpha value is -1.10. The Morgan fingerprint density at radius 1 is 1.36 bits per heavy atom. The number of carbonyl (C=O) groups is 1. The highest BCUT2D eigenvalue weighted by molar-refractivity contribution is 6.30. The fourth-order valence-corrected chi connectivity index (χ4v) is 3.73. The molecule has 0 spiro atoms. The Labute approximate surface area is 137 Å². The summed E-state index contributed by atoms with van der Waals surface area (Å²) < 4.78 is 0. The maximum Gasteiger partial charge on any atom is 0.237 e. The Kier molecular flexibility index (Phi) is 5.34. The number of carbonyl (C=O) groups excluding carboxylic acids is 1. The third-order valence-electron chi connectivity index (χ3n) is 4.71. The molecule has 2 heterocycles. The van der Waals surface area contributed by atoms with Crippen LogP contribution in [0.25, 0.3) is 0 Å². The molecule has 0 unspecified atom stereocenters. The van der Waals surface area contributed by atoms with Gasteiger partial charge in [0.15, 0.2) is 0 Å². The van der Waals surface area contributed by atoms with E-state index >= 15 is 0 Å². The van der Waals surface area contributed by atoms with Gasteiger partial charge in [0.25, 0.3) is 0 Å². The van der Waals surface area contributed by atoms with Crippen LogP contribution in [-0.4, -0.2) is 49.6 Å². The van der Waals surface area contributed by atoms with Crippen LogP contribution in [0.5, 0.6) is 0 Å². The van der Waals surface area contributed by atoms with Gasteiger partial charge in [-0.1, -0.05) is 23.7 Å². The van der Waals surface area contributed by atoms with E-state index in [0.29, 0.717) is 0 Å². The molecule has 2 aliphatic rings. The first-order chi connectivity index (χ1) is 10.7. The second-order valence-corrected chi connectivity index (χ2v) is 6.66. The monoisotopic (exact) mass is 321 g/mol. The second-order valence-electron chi connectivity index (χ2n) is 6.22. The Morgan fingerprint density at radius 3 is 2.95 bits per heavy atom. The van der Waals surface area contributed by atoms with Gasteiger partial charge < -0.3 is 15.5 Å². The molecule has 5 heteroatoms. The molecule has 1 aromatic rings. The summed E-state index contributed by atoms with van der Waals surface area (Å²) in [5, 5.41) is 7.16. The van der Waals surface area contributed by atoms with E-state index in [2.05, 4.69) is 21.6 Å². The van der Waals surface area contributed by atoms with Crippen LogP contribution in [0, 0.1) is 0 Å². The standard InChI is InChI=1S/C17H24ClN3O/c18-14-5-3-4-13(12-14)15-6-7-19-16(15)17(22)20-8-11-21-9-1-2-10-21/h3-5,12,15-16,19H,1-2,6-11H2,(H,20,22)/t15-,16+/m0/s1. The zero-order valence-electron chi connectivity index (χ0n) is 12.9. The number of hydrogen-bond acceptors (Lipinski definition) is 3. The summed E-state index contributed by atoms with van der Waals surface area (Å²) in [6.45, 7) is 4.91. The minimum atomic E-state index is -0.142. The molecule has 3 rings (SSSR count). The van der Waals surface area contributed by atoms with E-state index in [1.165, 1.54) is 25.9 Å². The SMILES string of the molecule is O=C(NCCN1CCCC1)[C@@H]1NCC[C@H]1c1cccc(Cl)c1. The lowest BCUT2D eigenvalue weighted by molar-refractivity contribution is -0.123. The average Bonchev–Trinajstić information content (AvgIpc) is 3.18. The third kappa shape index (κ3) is 3.80. The highest BCUT2D eigenvalue weighted by Crippen LogP contribution is 2.29. The van der Waals surface area contributed by atoms with Gasteiger partial charge in [-0.25, -0.2) is 0 Å². The maximum atomic E-state index is 12.5. The molecule has 22 heavy (non-hydrogen) atoms. The highest BCUT2D eigenvalue weighted by Gasteiger charge is 2.33. The molecule has 0 aromatic heterocycles. The Morgan fingerprint density at radius 2 is 2.18 bits per heavy atom. The molecule has 1 aromatic carbocycles. The lowest BCUT2D eigenvalue weighted by Crippen LogP contribution is -2.45. The first-order valence-electron chi connectivity index (χ1n) is 8.23. The molecule has 2 fully saturated rings. The Bertz CT molecular complexity index is 516. The van der Waals surface area contributed by atoms with Gasteiger partial charge in [-0.15, -0.1) is 0 Å². The number of amides is 1. The molecular weight excluding hydrogens is 298 g/mol. The summed E-state index contributed by atoms with van der Waals surface area (Å²) in [4.78, 5) is 14.9. The van der Waals surface area contributed by atoms with Crippen LogP contribution in [0.2, 0.25) is 5.02 Å². The molecule has 2 N–H and O–H groups in total. The van der Waals surface area contributed by atoms with Crippen LogP contribution in [-0.2, 0) is 4.79 Å². The van der Waals surface area contributed by atoms with Gasteiger partial charge in [0, 0.05) is 24.0 Å². The number of halogens is 1.